The summed E-state index contributed by atoms with van der Waals surface area (Å²) in [7, 11) is 0. The van der Waals surface area contributed by atoms with Crippen LogP contribution in [0.1, 0.15) is 34.6 Å². The molecule has 1 aliphatic rings. The zero-order valence-electron chi connectivity index (χ0n) is 13.3. The molecule has 1 saturated heterocycles. The molecule has 1 amide bonds. The number of amides is 1. The lowest BCUT2D eigenvalue weighted by Gasteiger charge is -2.35. The van der Waals surface area contributed by atoms with Crippen LogP contribution in [0.15, 0.2) is 24.5 Å². The van der Waals surface area contributed by atoms with Gasteiger partial charge in [0.05, 0.1) is 37.8 Å². The molecule has 1 atom stereocenters. The number of rotatable bonds is 4. The zero-order chi connectivity index (χ0) is 16.2. The molecule has 2 aromatic rings. The molecule has 23 heavy (non-hydrogen) atoms. The number of ether oxygens (including phenoxy) is 2. The maximum Gasteiger partial charge on any atom is 0.260 e. The van der Waals surface area contributed by atoms with Gasteiger partial charge >= 0.3 is 0 Å². The Morgan fingerprint density at radius 3 is 3.17 bits per heavy atom. The Balaban J connectivity index is 1.92. The van der Waals surface area contributed by atoms with Gasteiger partial charge in [0.1, 0.15) is 5.56 Å². The van der Waals surface area contributed by atoms with Crippen molar-refractivity contribution in [3.63, 3.8) is 0 Å². The third-order valence-electron chi connectivity index (χ3n) is 3.87. The summed E-state index contributed by atoms with van der Waals surface area (Å²) in [6.45, 7) is 5.77. The highest BCUT2D eigenvalue weighted by Gasteiger charge is 2.32. The van der Waals surface area contributed by atoms with E-state index in [4.69, 9.17) is 9.47 Å². The van der Waals surface area contributed by atoms with Crippen molar-refractivity contribution in [1.82, 2.24) is 20.1 Å². The lowest BCUT2D eigenvalue weighted by atomic mass is 10.1. The number of aromatic amines is 1. The van der Waals surface area contributed by atoms with Gasteiger partial charge in [0, 0.05) is 12.7 Å². The number of nitrogens with zero attached hydrogens (tertiary/aromatic N) is 3. The van der Waals surface area contributed by atoms with Gasteiger partial charge in [0.25, 0.3) is 5.91 Å². The minimum atomic E-state index is -0.187. The molecule has 0 aromatic carbocycles. The fraction of sp³-hybridized carbons (Fsp3) is 0.438. The molecule has 0 aliphatic carbocycles. The number of aryl methyl sites for hydroxylation is 1. The summed E-state index contributed by atoms with van der Waals surface area (Å²) in [4.78, 5) is 19.0. The van der Waals surface area contributed by atoms with Crippen molar-refractivity contribution < 1.29 is 14.3 Å². The summed E-state index contributed by atoms with van der Waals surface area (Å²) in [5.41, 5.74) is 2.38. The highest BCUT2D eigenvalue weighted by atomic mass is 16.5. The zero-order valence-corrected chi connectivity index (χ0v) is 13.3. The van der Waals surface area contributed by atoms with Crippen LogP contribution in [0, 0.1) is 6.92 Å². The van der Waals surface area contributed by atoms with E-state index < -0.39 is 0 Å². The average Bonchev–Trinajstić information content (AvgIpc) is 3.01. The highest BCUT2D eigenvalue weighted by Crippen LogP contribution is 2.28. The molecule has 1 aliphatic heterocycles. The molecule has 0 saturated carbocycles. The summed E-state index contributed by atoms with van der Waals surface area (Å²) in [5, 5.41) is 7.04. The van der Waals surface area contributed by atoms with Crippen LogP contribution in [0.4, 0.5) is 0 Å². The number of pyridine rings is 1. The van der Waals surface area contributed by atoms with E-state index in [0.717, 1.165) is 11.3 Å². The van der Waals surface area contributed by atoms with Crippen LogP contribution >= 0.6 is 0 Å². The molecule has 0 spiro atoms. The SMILES string of the molecule is CCOc1ncccc1C(=O)N1CCOC[C@H]1c1[nH]ncc1C. The molecule has 3 heterocycles. The van der Waals surface area contributed by atoms with Crippen molar-refractivity contribution in [2.45, 2.75) is 19.9 Å². The van der Waals surface area contributed by atoms with E-state index in [1.807, 2.05) is 13.8 Å². The van der Waals surface area contributed by atoms with Crippen LogP contribution < -0.4 is 4.74 Å². The van der Waals surface area contributed by atoms with Gasteiger partial charge in [-0.05, 0) is 31.5 Å². The van der Waals surface area contributed by atoms with Gasteiger partial charge < -0.3 is 14.4 Å². The largest absolute Gasteiger partial charge is 0.477 e. The number of nitrogens with one attached hydrogen (secondary N) is 1. The summed E-state index contributed by atoms with van der Waals surface area (Å²) < 4.78 is 11.1. The lowest BCUT2D eigenvalue weighted by molar-refractivity contribution is -0.00428. The second-order valence-corrected chi connectivity index (χ2v) is 5.35. The summed E-state index contributed by atoms with van der Waals surface area (Å²) in [6.07, 6.45) is 3.37. The van der Waals surface area contributed by atoms with E-state index in [1.165, 1.54) is 0 Å². The van der Waals surface area contributed by atoms with Crippen molar-refractivity contribution in [1.29, 1.82) is 0 Å². The average molecular weight is 316 g/mol. The van der Waals surface area contributed by atoms with Gasteiger partial charge in [-0.1, -0.05) is 0 Å². The maximum absolute atomic E-state index is 13.0. The van der Waals surface area contributed by atoms with Crippen molar-refractivity contribution >= 4 is 5.91 Å². The molecule has 122 valence electrons. The topological polar surface area (TPSA) is 80.3 Å². The predicted octanol–water partition coefficient (Wildman–Crippen LogP) is 1.73. The molecule has 0 unspecified atom stereocenters. The number of hydrogen-bond donors (Lipinski definition) is 1. The Kier molecular flexibility index (Phi) is 4.57. The number of H-pyrrole nitrogens is 1. The fourth-order valence-electron chi connectivity index (χ4n) is 2.74. The van der Waals surface area contributed by atoms with Crippen molar-refractivity contribution in [2.24, 2.45) is 0 Å². The molecule has 0 bridgehead atoms. The first-order valence-electron chi connectivity index (χ1n) is 7.68. The van der Waals surface area contributed by atoms with E-state index in [1.54, 1.807) is 29.4 Å². The summed E-state index contributed by atoms with van der Waals surface area (Å²) >= 11 is 0. The van der Waals surface area contributed by atoms with Crippen LogP contribution in [-0.4, -0.2) is 52.4 Å². The molecular formula is C16H20N4O3. The molecular weight excluding hydrogens is 296 g/mol. The highest BCUT2D eigenvalue weighted by molar-refractivity contribution is 5.96. The lowest BCUT2D eigenvalue weighted by Crippen LogP contribution is -2.44. The molecule has 7 nitrogen and oxygen atoms in total. The monoisotopic (exact) mass is 316 g/mol. The first-order valence-corrected chi connectivity index (χ1v) is 7.68. The minimum Gasteiger partial charge on any atom is -0.477 e. The molecule has 7 heteroatoms. The van der Waals surface area contributed by atoms with Crippen molar-refractivity contribution in [3.8, 4) is 5.88 Å². The smallest absolute Gasteiger partial charge is 0.260 e. The second-order valence-electron chi connectivity index (χ2n) is 5.35. The van der Waals surface area contributed by atoms with Crippen LogP contribution in [-0.2, 0) is 4.74 Å². The van der Waals surface area contributed by atoms with E-state index in [0.29, 0.717) is 37.8 Å². The van der Waals surface area contributed by atoms with E-state index in [2.05, 4.69) is 15.2 Å². The first kappa shape index (κ1) is 15.5. The van der Waals surface area contributed by atoms with Crippen LogP contribution in [0.25, 0.3) is 0 Å². The summed E-state index contributed by atoms with van der Waals surface area (Å²) in [5.74, 6) is 0.260. The van der Waals surface area contributed by atoms with Crippen LogP contribution in [0.3, 0.4) is 0 Å². The van der Waals surface area contributed by atoms with E-state index in [-0.39, 0.29) is 11.9 Å². The Hall–Kier alpha value is -2.41. The van der Waals surface area contributed by atoms with Gasteiger partial charge in [0.15, 0.2) is 0 Å². The Bertz CT molecular complexity index is 685. The Morgan fingerprint density at radius 1 is 1.57 bits per heavy atom. The predicted molar refractivity (Wildman–Crippen MR) is 83.3 cm³/mol. The molecule has 2 aromatic heterocycles. The number of carbonyl (C=O) groups excluding carboxylic acids is 1. The standard InChI is InChI=1S/C16H20N4O3/c1-3-23-15-12(5-4-6-17-15)16(21)20-7-8-22-10-13(20)14-11(2)9-18-19-14/h4-6,9,13H,3,7-8,10H2,1-2H3,(H,18,19)/t13-/m0/s1. The molecule has 1 N–H and O–H groups in total. The third kappa shape index (κ3) is 3.05. The molecule has 1 fully saturated rings. The third-order valence-corrected chi connectivity index (χ3v) is 3.87. The van der Waals surface area contributed by atoms with Crippen molar-refractivity contribution in [2.75, 3.05) is 26.4 Å². The van der Waals surface area contributed by atoms with Gasteiger partial charge in [-0.25, -0.2) is 4.98 Å². The van der Waals surface area contributed by atoms with Gasteiger partial charge in [-0.2, -0.15) is 5.10 Å². The number of morpholine rings is 1. The minimum absolute atomic E-state index is 0.108. The van der Waals surface area contributed by atoms with E-state index >= 15 is 0 Å². The van der Waals surface area contributed by atoms with Crippen molar-refractivity contribution in [3.05, 3.63) is 41.3 Å². The second kappa shape index (κ2) is 6.78. The quantitative estimate of drug-likeness (QED) is 0.929. The number of carbonyl (C=O) groups is 1. The van der Waals surface area contributed by atoms with Gasteiger partial charge in [-0.15, -0.1) is 0 Å². The van der Waals surface area contributed by atoms with Gasteiger partial charge in [-0.3, -0.25) is 9.89 Å². The van der Waals surface area contributed by atoms with E-state index in [9.17, 15) is 4.79 Å². The normalized spacial score (nSPS) is 18.0. The molecule has 3 rings (SSSR count). The van der Waals surface area contributed by atoms with Gasteiger partial charge in [0.2, 0.25) is 5.88 Å². The maximum atomic E-state index is 13.0. The Labute approximate surface area is 134 Å². The molecule has 0 radical (unpaired) electrons. The fourth-order valence-corrected chi connectivity index (χ4v) is 2.74. The van der Waals surface area contributed by atoms with Crippen LogP contribution in [0.5, 0.6) is 5.88 Å². The summed E-state index contributed by atoms with van der Waals surface area (Å²) in [6, 6.07) is 3.30. The first-order chi connectivity index (χ1) is 11.2. The number of aromatic nitrogens is 3. The van der Waals surface area contributed by atoms with Crippen LogP contribution in [0.2, 0.25) is 0 Å². The Morgan fingerprint density at radius 2 is 2.43 bits per heavy atom. The number of hydrogen-bond acceptors (Lipinski definition) is 5.